The maximum atomic E-state index is 10.4. The van der Waals surface area contributed by atoms with Crippen LogP contribution in [0.4, 0.5) is 0 Å². The summed E-state index contributed by atoms with van der Waals surface area (Å²) in [4.78, 5) is 30.7. The number of aliphatic hydroxyl groups excluding tert-OH is 1. The predicted molar refractivity (Wildman–Crippen MR) is 44.9 cm³/mol. The highest BCUT2D eigenvalue weighted by atomic mass is 35.5. The fourth-order valence-corrected chi connectivity index (χ4v) is 0.614. The smallest absolute Gasteiger partial charge is 0.370 e. The van der Waals surface area contributed by atoms with Crippen molar-refractivity contribution >= 4 is 28.8 Å². The van der Waals surface area contributed by atoms with Gasteiger partial charge in [-0.25, -0.2) is 9.59 Å². The molecule has 14 heavy (non-hydrogen) atoms. The number of hydrogen-bond acceptors (Lipinski definition) is 4. The Bertz CT molecular complexity index is 340. The third-order valence-corrected chi connectivity index (χ3v) is 1.14. The van der Waals surface area contributed by atoms with Crippen LogP contribution in [0.2, 0.25) is 0 Å². The van der Waals surface area contributed by atoms with Crippen molar-refractivity contribution in [2.75, 3.05) is 0 Å². The minimum absolute atomic E-state index is 0.408. The largest absolute Gasteiger partial charge is 0.502 e. The van der Waals surface area contributed by atoms with Crippen molar-refractivity contribution in [3.63, 3.8) is 0 Å². The standard InChI is InChI=1S/C7H5ClO6/c8-5(10)2-3(6(11)12)1-4(9)7(13)14/h1-2,9H,(H,11,12)(H,13,14)/b3-2+,4-1-. The van der Waals surface area contributed by atoms with Crippen molar-refractivity contribution in [3.05, 3.63) is 23.5 Å². The molecule has 7 heteroatoms. The molecule has 0 spiro atoms. The van der Waals surface area contributed by atoms with E-state index in [2.05, 4.69) is 0 Å². The number of carboxylic acid groups (broad SMARTS) is 2. The number of allylic oxidation sites excluding steroid dienone is 1. The second-order valence-electron chi connectivity index (χ2n) is 2.04. The van der Waals surface area contributed by atoms with Gasteiger partial charge in [0.15, 0.2) is 0 Å². The summed E-state index contributed by atoms with van der Waals surface area (Å²) in [7, 11) is 0. The zero-order chi connectivity index (χ0) is 11.3. The Labute approximate surface area is 82.7 Å². The first-order valence-corrected chi connectivity index (χ1v) is 3.50. The van der Waals surface area contributed by atoms with Gasteiger partial charge in [0.25, 0.3) is 0 Å². The van der Waals surface area contributed by atoms with Crippen molar-refractivity contribution in [3.8, 4) is 0 Å². The van der Waals surface area contributed by atoms with Gasteiger partial charge < -0.3 is 15.3 Å². The fraction of sp³-hybridized carbons (Fsp3) is 0. The SMILES string of the molecule is O=C(Cl)/C=C(\C=C(/O)C(=O)O)C(=O)O. The third kappa shape index (κ3) is 4.27. The number of hydrogen-bond donors (Lipinski definition) is 3. The monoisotopic (exact) mass is 220 g/mol. The number of carboxylic acids is 2. The molecule has 0 aromatic rings. The van der Waals surface area contributed by atoms with E-state index in [1.54, 1.807) is 0 Å². The van der Waals surface area contributed by atoms with E-state index in [1.165, 1.54) is 0 Å². The normalized spacial score (nSPS) is 12.4. The Balaban J connectivity index is 5.07. The Hall–Kier alpha value is -1.82. The zero-order valence-electron chi connectivity index (χ0n) is 6.60. The fourth-order valence-electron chi connectivity index (χ4n) is 0.496. The minimum Gasteiger partial charge on any atom is -0.502 e. The summed E-state index contributed by atoms with van der Waals surface area (Å²) in [6.45, 7) is 0. The molecule has 6 nitrogen and oxygen atoms in total. The Morgan fingerprint density at radius 3 is 1.71 bits per heavy atom. The molecule has 0 unspecified atom stereocenters. The third-order valence-electron chi connectivity index (χ3n) is 1.03. The summed E-state index contributed by atoms with van der Waals surface area (Å²) >= 11 is 4.84. The van der Waals surface area contributed by atoms with Crippen molar-refractivity contribution in [2.45, 2.75) is 0 Å². The topological polar surface area (TPSA) is 112 Å². The van der Waals surface area contributed by atoms with Gasteiger partial charge in [-0.05, 0) is 11.6 Å². The molecule has 0 saturated heterocycles. The summed E-state index contributed by atoms with van der Waals surface area (Å²) in [5, 5.41) is 24.2. The second kappa shape index (κ2) is 5.03. The van der Waals surface area contributed by atoms with Crippen molar-refractivity contribution in [2.24, 2.45) is 0 Å². The molecule has 0 aliphatic heterocycles. The van der Waals surface area contributed by atoms with E-state index in [0.717, 1.165) is 0 Å². The van der Waals surface area contributed by atoms with Gasteiger partial charge in [0.1, 0.15) is 0 Å². The van der Waals surface area contributed by atoms with Crippen molar-refractivity contribution in [1.29, 1.82) is 0 Å². The average molecular weight is 221 g/mol. The van der Waals surface area contributed by atoms with Gasteiger partial charge in [-0.2, -0.15) is 0 Å². The van der Waals surface area contributed by atoms with Crippen LogP contribution in [0.25, 0.3) is 0 Å². The van der Waals surface area contributed by atoms with Crippen molar-refractivity contribution in [1.82, 2.24) is 0 Å². The van der Waals surface area contributed by atoms with E-state index in [4.69, 9.17) is 26.9 Å². The number of rotatable bonds is 4. The molecule has 0 rings (SSSR count). The lowest BCUT2D eigenvalue weighted by molar-refractivity contribution is -0.135. The summed E-state index contributed by atoms with van der Waals surface area (Å²) in [5.41, 5.74) is -0.718. The van der Waals surface area contributed by atoms with Crippen LogP contribution in [0.15, 0.2) is 23.5 Å². The van der Waals surface area contributed by atoms with Gasteiger partial charge in [-0.3, -0.25) is 4.79 Å². The first-order chi connectivity index (χ1) is 6.34. The number of carbonyl (C=O) groups is 3. The molecule has 0 atom stereocenters. The summed E-state index contributed by atoms with van der Waals surface area (Å²) < 4.78 is 0. The number of aliphatic carboxylic acids is 2. The summed E-state index contributed by atoms with van der Waals surface area (Å²) in [6, 6.07) is 0. The molecule has 76 valence electrons. The van der Waals surface area contributed by atoms with Crippen LogP contribution in [-0.2, 0) is 14.4 Å². The molecule has 0 aromatic heterocycles. The van der Waals surface area contributed by atoms with Crippen LogP contribution < -0.4 is 0 Å². The van der Waals surface area contributed by atoms with Crippen LogP contribution in [-0.4, -0.2) is 32.5 Å². The van der Waals surface area contributed by atoms with E-state index < -0.39 is 28.5 Å². The van der Waals surface area contributed by atoms with Crippen LogP contribution in [0.1, 0.15) is 0 Å². The van der Waals surface area contributed by atoms with Gasteiger partial charge in [-0.15, -0.1) is 0 Å². The molecule has 0 heterocycles. The Morgan fingerprint density at radius 1 is 0.929 bits per heavy atom. The molecule has 0 fully saturated rings. The lowest BCUT2D eigenvalue weighted by Gasteiger charge is -1.94. The van der Waals surface area contributed by atoms with Crippen molar-refractivity contribution < 1.29 is 29.7 Å². The van der Waals surface area contributed by atoms with Crippen LogP contribution in [0.5, 0.6) is 0 Å². The van der Waals surface area contributed by atoms with E-state index in [9.17, 15) is 14.4 Å². The van der Waals surface area contributed by atoms with Gasteiger partial charge in [0.2, 0.25) is 11.0 Å². The number of halogens is 1. The molecular formula is C7H5ClO6. The zero-order valence-corrected chi connectivity index (χ0v) is 7.35. The Morgan fingerprint density at radius 2 is 1.43 bits per heavy atom. The van der Waals surface area contributed by atoms with Gasteiger partial charge in [0, 0.05) is 12.2 Å². The lowest BCUT2D eigenvalue weighted by Crippen LogP contribution is -2.05. The van der Waals surface area contributed by atoms with E-state index >= 15 is 0 Å². The van der Waals surface area contributed by atoms with E-state index in [-0.39, 0.29) is 0 Å². The molecular weight excluding hydrogens is 216 g/mol. The van der Waals surface area contributed by atoms with Crippen LogP contribution >= 0.6 is 11.6 Å². The van der Waals surface area contributed by atoms with Gasteiger partial charge in [-0.1, -0.05) is 0 Å². The minimum atomic E-state index is -1.71. The molecule has 0 saturated carbocycles. The number of aliphatic hydroxyl groups is 1. The first-order valence-electron chi connectivity index (χ1n) is 3.13. The highest BCUT2D eigenvalue weighted by Gasteiger charge is 2.11. The van der Waals surface area contributed by atoms with Crippen LogP contribution in [0.3, 0.4) is 0 Å². The van der Waals surface area contributed by atoms with Gasteiger partial charge in [0.05, 0.1) is 5.57 Å². The van der Waals surface area contributed by atoms with Gasteiger partial charge >= 0.3 is 11.9 Å². The highest BCUT2D eigenvalue weighted by molar-refractivity contribution is 6.66. The van der Waals surface area contributed by atoms with Crippen LogP contribution in [0, 0.1) is 0 Å². The quantitative estimate of drug-likeness (QED) is 0.272. The summed E-state index contributed by atoms with van der Waals surface area (Å²) in [6.07, 6.45) is 0.883. The van der Waals surface area contributed by atoms with E-state index in [1.807, 2.05) is 0 Å². The summed E-state index contributed by atoms with van der Waals surface area (Å²) in [5.74, 6) is -4.48. The molecule has 0 bridgehead atoms. The predicted octanol–water partition coefficient (Wildman–Crippen LogP) is 0.289. The number of carbonyl (C=O) groups excluding carboxylic acids is 1. The molecule has 3 N–H and O–H groups in total. The highest BCUT2D eigenvalue weighted by Crippen LogP contribution is 2.03. The average Bonchev–Trinajstić information content (AvgIpc) is 2.01. The Kier molecular flexibility index (Phi) is 4.37. The molecule has 0 radical (unpaired) electrons. The van der Waals surface area contributed by atoms with E-state index in [0.29, 0.717) is 12.2 Å². The first kappa shape index (κ1) is 12.2. The second-order valence-corrected chi connectivity index (χ2v) is 2.42. The maximum Gasteiger partial charge on any atom is 0.370 e. The molecule has 0 aliphatic carbocycles. The molecule has 0 aliphatic rings. The lowest BCUT2D eigenvalue weighted by atomic mass is 10.2. The maximum absolute atomic E-state index is 10.4. The molecule has 0 aromatic carbocycles. The molecule has 0 amide bonds.